The van der Waals surface area contributed by atoms with Crippen molar-refractivity contribution in [3.05, 3.63) is 59.7 Å². The van der Waals surface area contributed by atoms with E-state index >= 15 is 0 Å². The second kappa shape index (κ2) is 5.58. The van der Waals surface area contributed by atoms with Crippen molar-refractivity contribution in [2.45, 2.75) is 25.7 Å². The number of benzene rings is 2. The van der Waals surface area contributed by atoms with Crippen LogP contribution in [0.4, 0.5) is 0 Å². The van der Waals surface area contributed by atoms with Crippen molar-refractivity contribution in [3.63, 3.8) is 0 Å². The molecule has 2 aromatic carbocycles. The summed E-state index contributed by atoms with van der Waals surface area (Å²) in [6.45, 7) is 5.76. The third-order valence-electron chi connectivity index (χ3n) is 3.78. The van der Waals surface area contributed by atoms with Gasteiger partial charge in [0.25, 0.3) is 0 Å². The van der Waals surface area contributed by atoms with Crippen LogP contribution < -0.4 is 9.47 Å². The van der Waals surface area contributed by atoms with Crippen LogP contribution in [0.1, 0.15) is 36.8 Å². The topological polar surface area (TPSA) is 18.5 Å². The Bertz CT molecular complexity index is 589. The van der Waals surface area contributed by atoms with Crippen molar-refractivity contribution >= 4 is 0 Å². The van der Waals surface area contributed by atoms with Gasteiger partial charge >= 0.3 is 0 Å². The predicted molar refractivity (Wildman–Crippen MR) is 80.7 cm³/mol. The molecular weight excluding hydrogens is 248 g/mol. The van der Waals surface area contributed by atoms with Crippen molar-refractivity contribution in [1.29, 1.82) is 0 Å². The summed E-state index contributed by atoms with van der Waals surface area (Å²) in [5.41, 5.74) is 2.52. The normalized spacial score (nSPS) is 16.9. The Balaban J connectivity index is 1.72. The van der Waals surface area contributed by atoms with Crippen LogP contribution in [0.5, 0.6) is 11.5 Å². The van der Waals surface area contributed by atoms with Gasteiger partial charge in [-0.3, -0.25) is 0 Å². The number of ether oxygens (including phenoxy) is 2. The highest BCUT2D eigenvalue weighted by Gasteiger charge is 2.24. The Kier molecular flexibility index (Phi) is 3.64. The Labute approximate surface area is 120 Å². The van der Waals surface area contributed by atoms with Gasteiger partial charge in [0, 0.05) is 5.56 Å². The molecule has 2 heteroatoms. The molecule has 1 unspecified atom stereocenters. The van der Waals surface area contributed by atoms with E-state index in [9.17, 15) is 0 Å². The number of hydrogen-bond acceptors (Lipinski definition) is 2. The van der Waals surface area contributed by atoms with Crippen LogP contribution in [-0.2, 0) is 0 Å². The SMILES string of the molecule is CC(C)c1ccccc1OCC1COc2ccccc21. The number of fused-ring (bicyclic) bond motifs is 1. The first kappa shape index (κ1) is 13.0. The van der Waals surface area contributed by atoms with Crippen molar-refractivity contribution in [2.24, 2.45) is 0 Å². The summed E-state index contributed by atoms with van der Waals surface area (Å²) in [6, 6.07) is 16.5. The molecule has 0 saturated heterocycles. The quantitative estimate of drug-likeness (QED) is 0.820. The Morgan fingerprint density at radius 2 is 1.85 bits per heavy atom. The standard InChI is InChI=1S/C18H20O2/c1-13(2)15-7-3-5-9-17(15)19-11-14-12-20-18-10-6-4-8-16(14)18/h3-10,13-14H,11-12H2,1-2H3. The van der Waals surface area contributed by atoms with E-state index < -0.39 is 0 Å². The molecule has 0 bridgehead atoms. The van der Waals surface area contributed by atoms with Gasteiger partial charge in [-0.15, -0.1) is 0 Å². The van der Waals surface area contributed by atoms with Crippen molar-refractivity contribution in [1.82, 2.24) is 0 Å². The van der Waals surface area contributed by atoms with Crippen molar-refractivity contribution < 1.29 is 9.47 Å². The average Bonchev–Trinajstić information content (AvgIpc) is 2.88. The zero-order valence-electron chi connectivity index (χ0n) is 12.0. The lowest BCUT2D eigenvalue weighted by Crippen LogP contribution is -2.12. The Morgan fingerprint density at radius 3 is 2.70 bits per heavy atom. The Morgan fingerprint density at radius 1 is 1.10 bits per heavy atom. The average molecular weight is 268 g/mol. The third kappa shape index (κ3) is 2.51. The fraction of sp³-hybridized carbons (Fsp3) is 0.333. The van der Waals surface area contributed by atoms with E-state index in [0.717, 1.165) is 11.5 Å². The molecular formula is C18H20O2. The van der Waals surface area contributed by atoms with Gasteiger partial charge in [-0.1, -0.05) is 50.2 Å². The highest BCUT2D eigenvalue weighted by Crippen LogP contribution is 2.34. The molecule has 0 radical (unpaired) electrons. The first-order valence-electron chi connectivity index (χ1n) is 7.19. The second-order valence-corrected chi connectivity index (χ2v) is 5.55. The lowest BCUT2D eigenvalue weighted by Gasteiger charge is -2.16. The lowest BCUT2D eigenvalue weighted by molar-refractivity contribution is 0.246. The van der Waals surface area contributed by atoms with Crippen LogP contribution in [0.25, 0.3) is 0 Å². The molecule has 0 amide bonds. The van der Waals surface area contributed by atoms with E-state index in [1.165, 1.54) is 11.1 Å². The van der Waals surface area contributed by atoms with E-state index in [2.05, 4.69) is 44.2 Å². The van der Waals surface area contributed by atoms with Crippen LogP contribution >= 0.6 is 0 Å². The minimum absolute atomic E-state index is 0.325. The van der Waals surface area contributed by atoms with E-state index in [4.69, 9.17) is 9.47 Å². The molecule has 1 atom stereocenters. The monoisotopic (exact) mass is 268 g/mol. The molecule has 104 valence electrons. The molecule has 0 fully saturated rings. The fourth-order valence-corrected chi connectivity index (χ4v) is 2.65. The maximum atomic E-state index is 6.06. The summed E-state index contributed by atoms with van der Waals surface area (Å²) in [5, 5.41) is 0. The maximum absolute atomic E-state index is 6.06. The largest absolute Gasteiger partial charge is 0.493 e. The second-order valence-electron chi connectivity index (χ2n) is 5.55. The van der Waals surface area contributed by atoms with Gasteiger partial charge in [-0.2, -0.15) is 0 Å². The molecule has 3 rings (SSSR count). The Hall–Kier alpha value is -1.96. The predicted octanol–water partition coefficient (Wildman–Crippen LogP) is 4.37. The highest BCUT2D eigenvalue weighted by atomic mass is 16.5. The van der Waals surface area contributed by atoms with Gasteiger partial charge < -0.3 is 9.47 Å². The summed E-state index contributed by atoms with van der Waals surface area (Å²) in [4.78, 5) is 0. The summed E-state index contributed by atoms with van der Waals surface area (Å²) >= 11 is 0. The number of hydrogen-bond donors (Lipinski definition) is 0. The maximum Gasteiger partial charge on any atom is 0.123 e. The molecule has 0 spiro atoms. The van der Waals surface area contributed by atoms with Gasteiger partial charge in [0.05, 0.1) is 19.1 Å². The van der Waals surface area contributed by atoms with E-state index in [1.54, 1.807) is 0 Å². The van der Waals surface area contributed by atoms with Crippen LogP contribution in [0.15, 0.2) is 48.5 Å². The molecule has 0 N–H and O–H groups in total. The first-order chi connectivity index (χ1) is 9.75. The first-order valence-corrected chi connectivity index (χ1v) is 7.19. The summed E-state index contributed by atoms with van der Waals surface area (Å²) in [6.07, 6.45) is 0. The molecule has 20 heavy (non-hydrogen) atoms. The zero-order valence-corrected chi connectivity index (χ0v) is 12.0. The van der Waals surface area contributed by atoms with E-state index in [1.807, 2.05) is 18.2 Å². The zero-order chi connectivity index (χ0) is 13.9. The molecule has 0 aliphatic carbocycles. The number of rotatable bonds is 4. The van der Waals surface area contributed by atoms with E-state index in [0.29, 0.717) is 25.0 Å². The van der Waals surface area contributed by atoms with Crippen molar-refractivity contribution in [3.8, 4) is 11.5 Å². The minimum Gasteiger partial charge on any atom is -0.493 e. The minimum atomic E-state index is 0.325. The number of para-hydroxylation sites is 2. The third-order valence-corrected chi connectivity index (χ3v) is 3.78. The van der Waals surface area contributed by atoms with Gasteiger partial charge in [0.2, 0.25) is 0 Å². The fourth-order valence-electron chi connectivity index (χ4n) is 2.65. The van der Waals surface area contributed by atoms with Gasteiger partial charge in [-0.05, 0) is 23.6 Å². The molecule has 2 nitrogen and oxygen atoms in total. The van der Waals surface area contributed by atoms with Crippen LogP contribution in [0.3, 0.4) is 0 Å². The van der Waals surface area contributed by atoms with Gasteiger partial charge in [0.1, 0.15) is 11.5 Å². The molecule has 1 heterocycles. The lowest BCUT2D eigenvalue weighted by atomic mass is 10.0. The molecule has 0 saturated carbocycles. The molecule has 1 aliphatic rings. The van der Waals surface area contributed by atoms with Crippen LogP contribution in [0, 0.1) is 0 Å². The van der Waals surface area contributed by atoms with E-state index in [-0.39, 0.29) is 0 Å². The summed E-state index contributed by atoms with van der Waals surface area (Å²) < 4.78 is 11.8. The summed E-state index contributed by atoms with van der Waals surface area (Å²) in [7, 11) is 0. The van der Waals surface area contributed by atoms with Gasteiger partial charge in [-0.25, -0.2) is 0 Å². The molecule has 1 aliphatic heterocycles. The van der Waals surface area contributed by atoms with Crippen molar-refractivity contribution in [2.75, 3.05) is 13.2 Å². The smallest absolute Gasteiger partial charge is 0.123 e. The van der Waals surface area contributed by atoms with Gasteiger partial charge in [0.15, 0.2) is 0 Å². The molecule has 0 aromatic heterocycles. The summed E-state index contributed by atoms with van der Waals surface area (Å²) in [5.74, 6) is 2.79. The molecule has 2 aromatic rings. The van der Waals surface area contributed by atoms with Crippen LogP contribution in [-0.4, -0.2) is 13.2 Å². The van der Waals surface area contributed by atoms with Crippen LogP contribution in [0.2, 0.25) is 0 Å². The highest BCUT2D eigenvalue weighted by molar-refractivity contribution is 5.40.